The molecular weight excluding hydrogens is 309 g/mol. The van der Waals surface area contributed by atoms with Gasteiger partial charge in [0.25, 0.3) is 0 Å². The molecule has 0 amide bonds. The maximum absolute atomic E-state index is 13.2. The Labute approximate surface area is 120 Å². The van der Waals surface area contributed by atoms with Crippen molar-refractivity contribution >= 4 is 15.9 Å². The Morgan fingerprint density at radius 3 is 2.68 bits per heavy atom. The van der Waals surface area contributed by atoms with Crippen molar-refractivity contribution in [2.24, 2.45) is 5.73 Å². The van der Waals surface area contributed by atoms with E-state index in [0.717, 1.165) is 23.3 Å². The second kappa shape index (κ2) is 6.68. The van der Waals surface area contributed by atoms with Crippen molar-refractivity contribution in [1.29, 1.82) is 0 Å². The Kier molecular flexibility index (Phi) is 4.93. The zero-order valence-electron chi connectivity index (χ0n) is 10.4. The molecule has 2 aromatic rings. The van der Waals surface area contributed by atoms with Crippen LogP contribution in [0.4, 0.5) is 4.39 Å². The van der Waals surface area contributed by atoms with Gasteiger partial charge in [0.1, 0.15) is 18.2 Å². The van der Waals surface area contributed by atoms with Crippen molar-refractivity contribution < 1.29 is 9.13 Å². The molecule has 0 spiro atoms. The van der Waals surface area contributed by atoms with E-state index in [1.807, 2.05) is 30.3 Å². The molecule has 100 valence electrons. The molecule has 0 heterocycles. The molecule has 0 saturated carbocycles. The van der Waals surface area contributed by atoms with Crippen molar-refractivity contribution in [3.8, 4) is 5.75 Å². The quantitative estimate of drug-likeness (QED) is 0.911. The number of ether oxygens (including phenoxy) is 1. The van der Waals surface area contributed by atoms with Crippen LogP contribution in [-0.2, 0) is 13.0 Å². The van der Waals surface area contributed by atoms with E-state index in [4.69, 9.17) is 10.5 Å². The fourth-order valence-corrected chi connectivity index (χ4v) is 2.33. The van der Waals surface area contributed by atoms with Crippen LogP contribution in [0.15, 0.2) is 46.9 Å². The zero-order valence-corrected chi connectivity index (χ0v) is 12.0. The molecule has 0 aromatic heterocycles. The van der Waals surface area contributed by atoms with Gasteiger partial charge in [-0.1, -0.05) is 28.1 Å². The predicted molar refractivity (Wildman–Crippen MR) is 77.6 cm³/mol. The highest BCUT2D eigenvalue weighted by atomic mass is 79.9. The van der Waals surface area contributed by atoms with Crippen LogP contribution in [0.25, 0.3) is 0 Å². The Hall–Kier alpha value is -1.39. The van der Waals surface area contributed by atoms with Gasteiger partial charge in [-0.3, -0.25) is 0 Å². The first-order valence-electron chi connectivity index (χ1n) is 6.04. The summed E-state index contributed by atoms with van der Waals surface area (Å²) in [4.78, 5) is 0. The summed E-state index contributed by atoms with van der Waals surface area (Å²) in [5.41, 5.74) is 7.45. The van der Waals surface area contributed by atoms with Crippen molar-refractivity contribution in [3.05, 3.63) is 63.9 Å². The first-order chi connectivity index (χ1) is 9.17. The molecule has 0 bridgehead atoms. The van der Waals surface area contributed by atoms with Gasteiger partial charge >= 0.3 is 0 Å². The van der Waals surface area contributed by atoms with E-state index in [9.17, 15) is 4.39 Å². The molecule has 0 aliphatic rings. The number of benzene rings is 2. The zero-order chi connectivity index (χ0) is 13.7. The third-order valence-corrected chi connectivity index (χ3v) is 3.12. The second-order valence-corrected chi connectivity index (χ2v) is 5.17. The molecule has 0 aliphatic carbocycles. The van der Waals surface area contributed by atoms with Gasteiger partial charge in [-0.2, -0.15) is 0 Å². The summed E-state index contributed by atoms with van der Waals surface area (Å²) in [6.07, 6.45) is 0.822. The minimum atomic E-state index is -0.273. The van der Waals surface area contributed by atoms with Gasteiger partial charge in [-0.05, 0) is 54.4 Å². The lowest BCUT2D eigenvalue weighted by molar-refractivity contribution is 0.305. The summed E-state index contributed by atoms with van der Waals surface area (Å²) >= 11 is 3.26. The summed E-state index contributed by atoms with van der Waals surface area (Å²) in [6.45, 7) is 0.947. The maximum atomic E-state index is 13.2. The average molecular weight is 324 g/mol. The Balaban J connectivity index is 2.03. The van der Waals surface area contributed by atoms with Crippen molar-refractivity contribution in [2.45, 2.75) is 13.0 Å². The monoisotopic (exact) mass is 323 g/mol. The molecule has 2 aromatic carbocycles. The summed E-state index contributed by atoms with van der Waals surface area (Å²) in [7, 11) is 0. The van der Waals surface area contributed by atoms with Crippen LogP contribution in [0.5, 0.6) is 5.75 Å². The Morgan fingerprint density at radius 1 is 1.11 bits per heavy atom. The fraction of sp³-hybridized carbons (Fsp3) is 0.200. The summed E-state index contributed by atoms with van der Waals surface area (Å²) in [5.74, 6) is 0.496. The number of hydrogen-bond acceptors (Lipinski definition) is 2. The molecule has 0 fully saturated rings. The number of hydrogen-bond donors (Lipinski definition) is 1. The van der Waals surface area contributed by atoms with Gasteiger partial charge in [0.05, 0.1) is 0 Å². The average Bonchev–Trinajstić information content (AvgIpc) is 2.36. The van der Waals surface area contributed by atoms with Gasteiger partial charge in [0, 0.05) is 4.47 Å². The third kappa shape index (κ3) is 4.33. The molecular formula is C15H15BrFNO. The van der Waals surface area contributed by atoms with E-state index >= 15 is 0 Å². The largest absolute Gasteiger partial charge is 0.489 e. The van der Waals surface area contributed by atoms with Gasteiger partial charge < -0.3 is 10.5 Å². The fourth-order valence-electron chi connectivity index (χ4n) is 1.82. The maximum Gasteiger partial charge on any atom is 0.124 e. The lowest BCUT2D eigenvalue weighted by atomic mass is 10.1. The van der Waals surface area contributed by atoms with E-state index in [2.05, 4.69) is 15.9 Å². The highest BCUT2D eigenvalue weighted by Gasteiger charge is 2.01. The first-order valence-corrected chi connectivity index (χ1v) is 6.83. The van der Waals surface area contributed by atoms with Crippen LogP contribution in [0.3, 0.4) is 0 Å². The molecule has 0 aliphatic heterocycles. The van der Waals surface area contributed by atoms with E-state index in [1.165, 1.54) is 12.1 Å². The second-order valence-electron chi connectivity index (χ2n) is 4.25. The molecule has 0 radical (unpaired) electrons. The van der Waals surface area contributed by atoms with Crippen LogP contribution in [0.1, 0.15) is 11.1 Å². The molecule has 0 unspecified atom stereocenters. The van der Waals surface area contributed by atoms with E-state index in [0.29, 0.717) is 17.6 Å². The van der Waals surface area contributed by atoms with E-state index < -0.39 is 0 Å². The predicted octanol–water partition coefficient (Wildman–Crippen LogP) is 3.67. The molecule has 2 nitrogen and oxygen atoms in total. The standard InChI is InChI=1S/C15H15BrFNO/c16-13-6-12(7-14(17)9-13)10-19-15-3-1-2-11(8-15)4-5-18/h1-3,6-9H,4-5,10,18H2. The molecule has 0 atom stereocenters. The lowest BCUT2D eigenvalue weighted by Gasteiger charge is -2.08. The van der Waals surface area contributed by atoms with Crippen molar-refractivity contribution in [1.82, 2.24) is 0 Å². The van der Waals surface area contributed by atoms with Gasteiger partial charge in [-0.25, -0.2) is 4.39 Å². The van der Waals surface area contributed by atoms with Crippen molar-refractivity contribution in [2.75, 3.05) is 6.54 Å². The molecule has 0 saturated heterocycles. The topological polar surface area (TPSA) is 35.2 Å². The third-order valence-electron chi connectivity index (χ3n) is 2.66. The van der Waals surface area contributed by atoms with Crippen LogP contribution in [-0.4, -0.2) is 6.54 Å². The number of nitrogens with two attached hydrogens (primary N) is 1. The molecule has 19 heavy (non-hydrogen) atoms. The SMILES string of the molecule is NCCc1cccc(OCc2cc(F)cc(Br)c2)c1. The normalized spacial score (nSPS) is 10.5. The van der Waals surface area contributed by atoms with Crippen molar-refractivity contribution in [3.63, 3.8) is 0 Å². The van der Waals surface area contributed by atoms with Crippen LogP contribution < -0.4 is 10.5 Å². The van der Waals surface area contributed by atoms with Gasteiger partial charge in [0.15, 0.2) is 0 Å². The van der Waals surface area contributed by atoms with Gasteiger partial charge in [-0.15, -0.1) is 0 Å². The van der Waals surface area contributed by atoms with E-state index in [-0.39, 0.29) is 5.82 Å². The van der Waals surface area contributed by atoms with Crippen LogP contribution in [0.2, 0.25) is 0 Å². The number of halogens is 2. The summed E-state index contributed by atoms with van der Waals surface area (Å²) < 4.78 is 19.6. The lowest BCUT2D eigenvalue weighted by Crippen LogP contribution is -2.03. The van der Waals surface area contributed by atoms with Crippen LogP contribution >= 0.6 is 15.9 Å². The highest BCUT2D eigenvalue weighted by molar-refractivity contribution is 9.10. The summed E-state index contributed by atoms with van der Waals surface area (Å²) in [6, 6.07) is 12.5. The Morgan fingerprint density at radius 2 is 1.95 bits per heavy atom. The van der Waals surface area contributed by atoms with Crippen LogP contribution in [0, 0.1) is 5.82 Å². The Bertz CT molecular complexity index is 539. The minimum absolute atomic E-state index is 0.273. The molecule has 2 rings (SSSR count). The van der Waals surface area contributed by atoms with E-state index in [1.54, 1.807) is 0 Å². The number of rotatable bonds is 5. The molecule has 4 heteroatoms. The highest BCUT2D eigenvalue weighted by Crippen LogP contribution is 2.18. The van der Waals surface area contributed by atoms with Gasteiger partial charge in [0.2, 0.25) is 0 Å². The molecule has 2 N–H and O–H groups in total. The summed E-state index contributed by atoms with van der Waals surface area (Å²) in [5, 5.41) is 0. The first kappa shape index (κ1) is 14.0. The smallest absolute Gasteiger partial charge is 0.124 e. The minimum Gasteiger partial charge on any atom is -0.489 e.